The SMILES string of the molecule is O=C(Nc1ccccc1C(=O)O)c1cccc(N2C(=O)[C@H]3[C@H]4CC[C@@H](C4)[C@@H]3C2=O)c1. The number of anilines is 2. The minimum Gasteiger partial charge on any atom is -0.478 e. The fourth-order valence-electron chi connectivity index (χ4n) is 5.42. The number of carbonyl (C=O) groups is 4. The number of hydrogen-bond donors (Lipinski definition) is 2. The number of benzene rings is 2. The Balaban J connectivity index is 1.41. The topological polar surface area (TPSA) is 104 Å². The summed E-state index contributed by atoms with van der Waals surface area (Å²) >= 11 is 0. The molecule has 3 aliphatic rings. The Bertz CT molecular complexity index is 1070. The van der Waals surface area contributed by atoms with Crippen molar-refractivity contribution in [3.05, 3.63) is 59.7 Å². The Labute approximate surface area is 172 Å². The molecule has 1 heterocycles. The lowest BCUT2D eigenvalue weighted by atomic mass is 9.81. The average molecular weight is 404 g/mol. The van der Waals surface area contributed by atoms with Gasteiger partial charge in [-0.3, -0.25) is 19.3 Å². The van der Waals surface area contributed by atoms with Crippen molar-refractivity contribution in [3.8, 4) is 0 Å². The van der Waals surface area contributed by atoms with Crippen LogP contribution in [0.5, 0.6) is 0 Å². The summed E-state index contributed by atoms with van der Waals surface area (Å²) in [6.45, 7) is 0. The zero-order chi connectivity index (χ0) is 21.0. The summed E-state index contributed by atoms with van der Waals surface area (Å²) in [4.78, 5) is 51.4. The fraction of sp³-hybridized carbons (Fsp3) is 0.304. The average Bonchev–Trinajstić information content (AvgIpc) is 3.42. The number of amides is 3. The van der Waals surface area contributed by atoms with Crippen molar-refractivity contribution in [2.75, 3.05) is 10.2 Å². The van der Waals surface area contributed by atoms with Crippen LogP contribution < -0.4 is 10.2 Å². The largest absolute Gasteiger partial charge is 0.478 e. The van der Waals surface area contributed by atoms with E-state index in [1.54, 1.807) is 30.3 Å². The second-order valence-electron chi connectivity index (χ2n) is 8.25. The third kappa shape index (κ3) is 2.73. The second-order valence-corrected chi connectivity index (χ2v) is 8.25. The number of imide groups is 1. The van der Waals surface area contributed by atoms with Crippen molar-refractivity contribution in [1.82, 2.24) is 0 Å². The van der Waals surface area contributed by atoms with Crippen LogP contribution in [0.1, 0.15) is 40.0 Å². The third-order valence-corrected chi connectivity index (χ3v) is 6.70. The van der Waals surface area contributed by atoms with Crippen molar-refractivity contribution in [2.45, 2.75) is 19.3 Å². The number of fused-ring (bicyclic) bond motifs is 5. The van der Waals surface area contributed by atoms with E-state index in [1.807, 2.05) is 0 Å². The molecule has 2 saturated carbocycles. The van der Waals surface area contributed by atoms with Gasteiger partial charge in [0.2, 0.25) is 11.8 Å². The van der Waals surface area contributed by atoms with Gasteiger partial charge in [0.25, 0.3) is 5.91 Å². The molecule has 3 fully saturated rings. The standard InChI is InChI=1S/C23H20N2O5/c26-20(24-17-7-2-1-6-16(17)23(29)30)14-4-3-5-15(11-14)25-21(27)18-12-8-9-13(10-12)19(18)22(25)28/h1-7,11-13,18-19H,8-10H2,(H,24,26)(H,29,30)/t12-,13-,18-,19-/m0/s1. The van der Waals surface area contributed by atoms with Crippen molar-refractivity contribution < 1.29 is 24.3 Å². The summed E-state index contributed by atoms with van der Waals surface area (Å²) < 4.78 is 0. The van der Waals surface area contributed by atoms with Crippen molar-refractivity contribution in [1.29, 1.82) is 0 Å². The van der Waals surface area contributed by atoms with Crippen LogP contribution in [0.4, 0.5) is 11.4 Å². The molecule has 2 aromatic carbocycles. The summed E-state index contributed by atoms with van der Waals surface area (Å²) in [6.07, 6.45) is 2.97. The van der Waals surface area contributed by atoms with Crippen LogP contribution in [0.3, 0.4) is 0 Å². The van der Waals surface area contributed by atoms with Gasteiger partial charge in [-0.1, -0.05) is 18.2 Å². The summed E-state index contributed by atoms with van der Waals surface area (Å²) in [7, 11) is 0. The molecule has 5 rings (SSSR count). The number of para-hydroxylation sites is 1. The molecule has 2 bridgehead atoms. The zero-order valence-electron chi connectivity index (χ0n) is 16.1. The quantitative estimate of drug-likeness (QED) is 0.762. The van der Waals surface area contributed by atoms with Gasteiger partial charge in [-0.15, -0.1) is 0 Å². The maximum atomic E-state index is 13.0. The van der Waals surface area contributed by atoms with Crippen LogP contribution in [0, 0.1) is 23.7 Å². The molecule has 0 unspecified atom stereocenters. The number of carboxylic acids is 1. The first-order valence-electron chi connectivity index (χ1n) is 10.1. The molecular weight excluding hydrogens is 384 g/mol. The van der Waals surface area contributed by atoms with Gasteiger partial charge in [0.1, 0.15) is 0 Å². The number of nitrogens with zero attached hydrogens (tertiary/aromatic N) is 1. The Hall–Kier alpha value is -3.48. The van der Waals surface area contributed by atoms with Crippen molar-refractivity contribution in [3.63, 3.8) is 0 Å². The molecule has 2 N–H and O–H groups in total. The number of hydrogen-bond acceptors (Lipinski definition) is 4. The van der Waals surface area contributed by atoms with E-state index >= 15 is 0 Å². The van der Waals surface area contributed by atoms with Gasteiger partial charge in [-0.05, 0) is 61.4 Å². The molecule has 4 atom stereocenters. The van der Waals surface area contributed by atoms with Crippen molar-refractivity contribution >= 4 is 35.1 Å². The van der Waals surface area contributed by atoms with Gasteiger partial charge in [0.15, 0.2) is 0 Å². The molecule has 2 aliphatic carbocycles. The minimum atomic E-state index is -1.14. The van der Waals surface area contributed by atoms with Crippen LogP contribution in [0.15, 0.2) is 48.5 Å². The van der Waals surface area contributed by atoms with E-state index in [2.05, 4.69) is 5.32 Å². The summed E-state index contributed by atoms with van der Waals surface area (Å²) in [5.41, 5.74) is 0.793. The zero-order valence-corrected chi connectivity index (χ0v) is 16.1. The van der Waals surface area contributed by atoms with Gasteiger partial charge in [-0.25, -0.2) is 4.79 Å². The first-order chi connectivity index (χ1) is 14.5. The highest BCUT2D eigenvalue weighted by Crippen LogP contribution is 2.56. The first kappa shape index (κ1) is 18.5. The summed E-state index contributed by atoms with van der Waals surface area (Å²) in [6, 6.07) is 12.5. The highest BCUT2D eigenvalue weighted by Gasteiger charge is 2.61. The monoisotopic (exact) mass is 404 g/mol. The van der Waals surface area contributed by atoms with Crippen LogP contribution in [0.2, 0.25) is 0 Å². The second kappa shape index (κ2) is 6.79. The van der Waals surface area contributed by atoms with E-state index < -0.39 is 11.9 Å². The number of carboxylic acid groups (broad SMARTS) is 1. The van der Waals surface area contributed by atoms with E-state index in [4.69, 9.17) is 0 Å². The van der Waals surface area contributed by atoms with Crippen LogP contribution in [0.25, 0.3) is 0 Å². The van der Waals surface area contributed by atoms with Crippen LogP contribution in [-0.2, 0) is 9.59 Å². The number of aromatic carboxylic acids is 1. The van der Waals surface area contributed by atoms with Crippen LogP contribution in [-0.4, -0.2) is 28.8 Å². The van der Waals surface area contributed by atoms with E-state index in [0.717, 1.165) is 19.3 Å². The highest BCUT2D eigenvalue weighted by atomic mass is 16.4. The molecule has 2 aromatic rings. The molecule has 1 aliphatic heterocycles. The molecule has 1 saturated heterocycles. The molecular formula is C23H20N2O5. The van der Waals surface area contributed by atoms with E-state index in [-0.39, 0.29) is 40.5 Å². The van der Waals surface area contributed by atoms with Crippen molar-refractivity contribution in [2.24, 2.45) is 23.7 Å². The van der Waals surface area contributed by atoms with E-state index in [1.165, 1.54) is 23.1 Å². The lowest BCUT2D eigenvalue weighted by Crippen LogP contribution is -2.33. The van der Waals surface area contributed by atoms with Crippen LogP contribution >= 0.6 is 0 Å². The molecule has 0 spiro atoms. The van der Waals surface area contributed by atoms with E-state index in [0.29, 0.717) is 17.5 Å². The fourth-order valence-corrected chi connectivity index (χ4v) is 5.42. The van der Waals surface area contributed by atoms with Gasteiger partial charge >= 0.3 is 5.97 Å². The lowest BCUT2D eigenvalue weighted by Gasteiger charge is -2.19. The molecule has 7 nitrogen and oxygen atoms in total. The van der Waals surface area contributed by atoms with Gasteiger partial charge in [0.05, 0.1) is 28.8 Å². The summed E-state index contributed by atoms with van der Waals surface area (Å²) in [5.74, 6) is -1.84. The summed E-state index contributed by atoms with van der Waals surface area (Å²) in [5, 5.41) is 11.9. The van der Waals surface area contributed by atoms with Gasteiger partial charge in [-0.2, -0.15) is 0 Å². The molecule has 3 amide bonds. The van der Waals surface area contributed by atoms with Gasteiger partial charge in [0, 0.05) is 5.56 Å². The predicted octanol–water partition coefficient (Wildman–Crippen LogP) is 3.17. The Morgan fingerprint density at radius 1 is 0.933 bits per heavy atom. The van der Waals surface area contributed by atoms with E-state index in [9.17, 15) is 24.3 Å². The Morgan fingerprint density at radius 2 is 1.60 bits per heavy atom. The molecule has 0 radical (unpaired) electrons. The molecule has 0 aromatic heterocycles. The number of nitrogens with one attached hydrogen (secondary N) is 1. The Morgan fingerprint density at radius 3 is 2.27 bits per heavy atom. The molecule has 152 valence electrons. The first-order valence-corrected chi connectivity index (χ1v) is 10.1. The maximum absolute atomic E-state index is 13.0. The van der Waals surface area contributed by atoms with Gasteiger partial charge < -0.3 is 10.4 Å². The number of carbonyl (C=O) groups excluding carboxylic acids is 3. The molecule has 7 heteroatoms. The minimum absolute atomic E-state index is 0.0183. The number of rotatable bonds is 4. The highest BCUT2D eigenvalue weighted by molar-refractivity contribution is 6.23. The normalized spacial score (nSPS) is 26.7. The Kier molecular flexibility index (Phi) is 4.20. The third-order valence-electron chi connectivity index (χ3n) is 6.70. The predicted molar refractivity (Wildman–Crippen MR) is 108 cm³/mol. The smallest absolute Gasteiger partial charge is 0.337 e. The molecule has 30 heavy (non-hydrogen) atoms. The maximum Gasteiger partial charge on any atom is 0.337 e. The lowest BCUT2D eigenvalue weighted by molar-refractivity contribution is -0.123.